The summed E-state index contributed by atoms with van der Waals surface area (Å²) in [7, 11) is 0. The molecule has 7 aromatic carbocycles. The quantitative estimate of drug-likeness (QED) is 0.156. The number of hydrogen-bond donors (Lipinski definition) is 0. The van der Waals surface area contributed by atoms with Crippen LogP contribution in [-0.4, -0.2) is 14.5 Å². The Morgan fingerprint density at radius 3 is 2.10 bits per heavy atom. The van der Waals surface area contributed by atoms with Gasteiger partial charge in [-0.2, -0.15) is 0 Å². The van der Waals surface area contributed by atoms with Crippen LogP contribution in [0.25, 0.3) is 83.6 Å². The third kappa shape index (κ3) is 7.24. The van der Waals surface area contributed by atoms with Crippen molar-refractivity contribution in [3.05, 3.63) is 198 Å². The summed E-state index contributed by atoms with van der Waals surface area (Å²) in [5, 5.41) is 2.22. The average Bonchev–Trinajstić information content (AvgIpc) is 3.97. The average molecular weight is 999 g/mol. The number of hydrogen-bond acceptors (Lipinski definition) is 3. The van der Waals surface area contributed by atoms with Crippen LogP contribution in [0.1, 0.15) is 85.3 Å². The zero-order valence-electron chi connectivity index (χ0n) is 39.2. The summed E-state index contributed by atoms with van der Waals surface area (Å²) in [6.45, 7) is 11.7. The van der Waals surface area contributed by atoms with Crippen molar-refractivity contribution in [1.82, 2.24) is 14.5 Å². The summed E-state index contributed by atoms with van der Waals surface area (Å²) in [6.07, 6.45) is 1.39. The van der Waals surface area contributed by atoms with E-state index in [2.05, 4.69) is 172 Å². The number of aromatic nitrogens is 3. The molecular weight excluding hydrogens is 947 g/mol. The summed E-state index contributed by atoms with van der Waals surface area (Å²) >= 11 is 0. The number of rotatable bonds is 6. The molecule has 0 bridgehead atoms. The molecule has 313 valence electrons. The number of fused-ring (bicyclic) bond motifs is 8. The van der Waals surface area contributed by atoms with E-state index in [1.807, 2.05) is 24.3 Å². The standard InChI is InChI=1S/C46H39N2O.C12H10N.Ir/c1-27(2)36-25-30(29-15-8-7-9-16-29)26-37(28(3)4)42(36)48-40-22-13-12-21-39(40)47-45(48)35-19-14-18-33-34-24-23-32-31-17-10-11-20-38(31)46(5,6)41(32)44(34)49-43(33)35;1-10-7-8-12(13-9-10)11-5-3-2-4-6-11;/h7-18,20-28H,1-6H3;2-5,7-9H,1H3;/q2*-1;/i;1D3;. The van der Waals surface area contributed by atoms with Crippen LogP contribution in [0.5, 0.6) is 0 Å². The van der Waals surface area contributed by atoms with Crippen LogP contribution in [0.2, 0.25) is 0 Å². The number of para-hydroxylation sites is 2. The summed E-state index contributed by atoms with van der Waals surface area (Å²) in [4.78, 5) is 9.49. The van der Waals surface area contributed by atoms with Crippen LogP contribution in [-0.2, 0) is 25.5 Å². The Balaban J connectivity index is 0.000000273. The minimum atomic E-state index is -2.09. The number of imidazole rings is 1. The number of nitrogens with zero attached hydrogens (tertiary/aromatic N) is 3. The fourth-order valence-corrected chi connectivity index (χ4v) is 9.36. The molecule has 0 aliphatic heterocycles. The Morgan fingerprint density at radius 2 is 1.38 bits per heavy atom. The third-order valence-corrected chi connectivity index (χ3v) is 12.4. The van der Waals surface area contributed by atoms with Gasteiger partial charge in [0.2, 0.25) is 0 Å². The number of furan rings is 1. The minimum Gasteiger partial charge on any atom is -0.500 e. The summed E-state index contributed by atoms with van der Waals surface area (Å²) < 4.78 is 31.2. The number of aryl methyl sites for hydroxylation is 1. The van der Waals surface area contributed by atoms with Crippen molar-refractivity contribution in [2.24, 2.45) is 0 Å². The van der Waals surface area contributed by atoms with E-state index < -0.39 is 6.85 Å². The summed E-state index contributed by atoms with van der Waals surface area (Å²) in [5.74, 6) is 1.41. The Hall–Kier alpha value is -6.39. The molecule has 0 atom stereocenters. The normalized spacial score (nSPS) is 13.6. The maximum absolute atomic E-state index is 7.23. The molecule has 1 aliphatic carbocycles. The van der Waals surface area contributed by atoms with Gasteiger partial charge in [-0.1, -0.05) is 143 Å². The monoisotopic (exact) mass is 999 g/mol. The van der Waals surface area contributed by atoms with Crippen molar-refractivity contribution in [2.45, 2.75) is 65.6 Å². The maximum atomic E-state index is 7.23. The predicted molar refractivity (Wildman–Crippen MR) is 257 cm³/mol. The zero-order valence-corrected chi connectivity index (χ0v) is 38.6. The molecule has 0 saturated carbocycles. The van der Waals surface area contributed by atoms with Gasteiger partial charge < -0.3 is 14.0 Å². The molecule has 0 unspecified atom stereocenters. The third-order valence-electron chi connectivity index (χ3n) is 12.4. The van der Waals surface area contributed by atoms with Gasteiger partial charge in [0.15, 0.2) is 0 Å². The fraction of sp³-hybridized carbons (Fsp3) is 0.172. The molecule has 5 heteroatoms. The maximum Gasteiger partial charge on any atom is 0.125 e. The van der Waals surface area contributed by atoms with Crippen molar-refractivity contribution in [3.63, 3.8) is 0 Å². The van der Waals surface area contributed by atoms with E-state index in [0.29, 0.717) is 0 Å². The first-order valence-corrected chi connectivity index (χ1v) is 21.5. The second-order valence-corrected chi connectivity index (χ2v) is 17.4. The van der Waals surface area contributed by atoms with E-state index in [1.54, 1.807) is 18.2 Å². The van der Waals surface area contributed by atoms with Crippen molar-refractivity contribution in [2.75, 3.05) is 0 Å². The Bertz CT molecular complexity index is 3360. The molecule has 4 nitrogen and oxygen atoms in total. The van der Waals surface area contributed by atoms with Crippen LogP contribution in [0.15, 0.2) is 162 Å². The van der Waals surface area contributed by atoms with Crippen molar-refractivity contribution < 1.29 is 28.6 Å². The Morgan fingerprint density at radius 1 is 0.667 bits per heavy atom. The van der Waals surface area contributed by atoms with E-state index in [4.69, 9.17) is 13.5 Å². The van der Waals surface area contributed by atoms with Crippen molar-refractivity contribution in [3.8, 4) is 50.6 Å². The van der Waals surface area contributed by atoms with Gasteiger partial charge in [-0.05, 0) is 93.2 Å². The van der Waals surface area contributed by atoms with Crippen molar-refractivity contribution >= 4 is 33.0 Å². The summed E-state index contributed by atoms with van der Waals surface area (Å²) in [6, 6.07) is 58.9. The minimum absolute atomic E-state index is 0. The first-order valence-electron chi connectivity index (χ1n) is 23.0. The van der Waals surface area contributed by atoms with Gasteiger partial charge in [0.1, 0.15) is 5.58 Å². The molecule has 0 N–H and O–H groups in total. The van der Waals surface area contributed by atoms with Crippen LogP contribution < -0.4 is 0 Å². The van der Waals surface area contributed by atoms with E-state index >= 15 is 0 Å². The Labute approximate surface area is 388 Å². The molecule has 63 heavy (non-hydrogen) atoms. The van der Waals surface area contributed by atoms with E-state index in [0.717, 1.165) is 55.6 Å². The molecule has 0 spiro atoms. The predicted octanol–water partition coefficient (Wildman–Crippen LogP) is 15.5. The largest absolute Gasteiger partial charge is 0.500 e. The molecule has 0 saturated heterocycles. The Kier molecular flexibility index (Phi) is 10.2. The molecule has 1 aliphatic rings. The van der Waals surface area contributed by atoms with Gasteiger partial charge in [-0.3, -0.25) is 4.98 Å². The molecule has 3 heterocycles. The first kappa shape index (κ1) is 38.3. The molecule has 10 aromatic rings. The fourth-order valence-electron chi connectivity index (χ4n) is 9.36. The van der Waals surface area contributed by atoms with Gasteiger partial charge in [-0.15, -0.1) is 54.1 Å². The van der Waals surface area contributed by atoms with Gasteiger partial charge in [0.25, 0.3) is 0 Å². The SMILES string of the molecule is CC(C)c1cc(-c2ccccc2)cc(C(C)C)c1-n1c(-c2[c-]ccc3c2oc2c4c(ccc23)-c2ccccc2C4(C)C)nc2ccccc21.[2H]C([2H])([2H])c1ccc(-c2[c-]cccc2)nc1.[Ir]. The molecular formula is C58H49IrN3O-2. The van der Waals surface area contributed by atoms with Gasteiger partial charge >= 0.3 is 0 Å². The van der Waals surface area contributed by atoms with Gasteiger partial charge in [0, 0.05) is 52.5 Å². The van der Waals surface area contributed by atoms with Crippen LogP contribution >= 0.6 is 0 Å². The molecule has 11 rings (SSSR count). The van der Waals surface area contributed by atoms with E-state index in [-0.39, 0.29) is 42.9 Å². The van der Waals surface area contributed by atoms with Crippen LogP contribution in [0.3, 0.4) is 0 Å². The molecule has 1 radical (unpaired) electrons. The van der Waals surface area contributed by atoms with Gasteiger partial charge in [-0.25, -0.2) is 0 Å². The summed E-state index contributed by atoms with van der Waals surface area (Å²) in [5.41, 5.74) is 17.8. The van der Waals surface area contributed by atoms with E-state index in [1.165, 1.54) is 56.4 Å². The smallest absolute Gasteiger partial charge is 0.125 e. The second-order valence-electron chi connectivity index (χ2n) is 17.4. The molecule has 0 fully saturated rings. The first-order chi connectivity index (χ1) is 31.3. The second kappa shape index (κ2) is 16.7. The van der Waals surface area contributed by atoms with Crippen LogP contribution in [0.4, 0.5) is 0 Å². The molecule has 0 amide bonds. The number of benzene rings is 7. The van der Waals surface area contributed by atoms with Crippen molar-refractivity contribution in [1.29, 1.82) is 0 Å². The zero-order chi connectivity index (χ0) is 45.2. The van der Waals surface area contributed by atoms with Crippen LogP contribution in [0, 0.1) is 19.0 Å². The topological polar surface area (TPSA) is 43.9 Å². The molecule has 3 aromatic heterocycles. The number of pyridine rings is 1. The van der Waals surface area contributed by atoms with E-state index in [9.17, 15) is 0 Å². The van der Waals surface area contributed by atoms with Gasteiger partial charge in [0.05, 0.1) is 22.4 Å².